The van der Waals surface area contributed by atoms with Gasteiger partial charge in [0.05, 0.1) is 33.0 Å². The minimum Gasteiger partial charge on any atom is -0.467 e. The highest BCUT2D eigenvalue weighted by atomic mass is 16.8. The van der Waals surface area contributed by atoms with E-state index in [1.807, 2.05) is 67.6 Å². The molecule has 0 bridgehead atoms. The van der Waals surface area contributed by atoms with Crippen LogP contribution in [0.25, 0.3) is 0 Å². The zero-order valence-electron chi connectivity index (χ0n) is 24.7. The monoisotopic (exact) mass is 590 g/mol. The van der Waals surface area contributed by atoms with E-state index < -0.39 is 61.3 Å². The number of benzene rings is 2. The van der Waals surface area contributed by atoms with Crippen molar-refractivity contribution in [3.05, 3.63) is 71.8 Å². The molecule has 11 heteroatoms. The second-order valence-electron chi connectivity index (χ2n) is 10.3. The van der Waals surface area contributed by atoms with E-state index in [0.717, 1.165) is 11.1 Å². The molecule has 2 heterocycles. The number of aliphatic hydroxyl groups is 1. The van der Waals surface area contributed by atoms with E-state index in [9.17, 15) is 9.90 Å². The van der Waals surface area contributed by atoms with Crippen LogP contribution in [-0.2, 0) is 60.6 Å². The standard InChI is InChI=1S/C31H42O11/c1-19-24(41-31-28(35-3)26(34-2)23(32)27(42-31)29(33)36-4)22(18-38-16-20-12-8-6-9-13-20)40-30(37-5)25(19)39-17-21-14-10-7-11-15-21/h6-15,19,22-28,30-32H,16-18H2,1-5H3/t19?,22-,23-,24+,25?,26-,27?,28?,30+,31-/m1/s1. The lowest BCUT2D eigenvalue weighted by Crippen LogP contribution is -2.64. The maximum absolute atomic E-state index is 12.5. The summed E-state index contributed by atoms with van der Waals surface area (Å²) in [7, 11) is 5.65. The smallest absolute Gasteiger partial charge is 0.337 e. The zero-order chi connectivity index (χ0) is 30.1. The van der Waals surface area contributed by atoms with Crippen LogP contribution in [0.3, 0.4) is 0 Å². The topological polar surface area (TPSA) is 120 Å². The number of carbonyl (C=O) groups excluding carboxylic acids is 1. The van der Waals surface area contributed by atoms with Gasteiger partial charge in [0, 0.05) is 27.2 Å². The average Bonchev–Trinajstić information content (AvgIpc) is 3.02. The maximum atomic E-state index is 12.5. The van der Waals surface area contributed by atoms with Gasteiger partial charge in [-0.1, -0.05) is 67.6 Å². The Balaban J connectivity index is 1.57. The summed E-state index contributed by atoms with van der Waals surface area (Å²) in [6.45, 7) is 2.86. The first kappa shape index (κ1) is 32.5. The van der Waals surface area contributed by atoms with E-state index in [1.54, 1.807) is 7.11 Å². The van der Waals surface area contributed by atoms with Gasteiger partial charge in [-0.2, -0.15) is 0 Å². The second kappa shape index (κ2) is 15.9. The molecule has 0 radical (unpaired) electrons. The fourth-order valence-electron chi connectivity index (χ4n) is 5.42. The largest absolute Gasteiger partial charge is 0.467 e. The first-order valence-electron chi connectivity index (χ1n) is 14.0. The molecule has 1 N–H and O–H groups in total. The molecule has 4 rings (SSSR count). The Morgan fingerprint density at radius 1 is 0.762 bits per heavy atom. The van der Waals surface area contributed by atoms with Gasteiger partial charge >= 0.3 is 5.97 Å². The van der Waals surface area contributed by atoms with Gasteiger partial charge < -0.3 is 47.7 Å². The molecule has 2 aliphatic heterocycles. The van der Waals surface area contributed by atoms with Crippen LogP contribution in [0.15, 0.2) is 60.7 Å². The van der Waals surface area contributed by atoms with Gasteiger partial charge in [-0.3, -0.25) is 0 Å². The molecule has 4 unspecified atom stereocenters. The lowest BCUT2D eigenvalue weighted by Gasteiger charge is -2.48. The molecular formula is C31H42O11. The van der Waals surface area contributed by atoms with Crippen LogP contribution < -0.4 is 0 Å². The van der Waals surface area contributed by atoms with Crippen molar-refractivity contribution in [1.82, 2.24) is 0 Å². The quantitative estimate of drug-likeness (QED) is 0.347. The molecule has 10 atom stereocenters. The van der Waals surface area contributed by atoms with Crippen molar-refractivity contribution in [3.8, 4) is 0 Å². The molecule has 0 aromatic heterocycles. The summed E-state index contributed by atoms with van der Waals surface area (Å²) in [5.41, 5.74) is 2.01. The van der Waals surface area contributed by atoms with Crippen LogP contribution >= 0.6 is 0 Å². The second-order valence-corrected chi connectivity index (χ2v) is 10.3. The lowest BCUT2D eigenvalue weighted by atomic mass is 9.89. The number of aliphatic hydroxyl groups excluding tert-OH is 1. The third kappa shape index (κ3) is 7.73. The van der Waals surface area contributed by atoms with Gasteiger partial charge in [0.15, 0.2) is 18.7 Å². The molecule has 11 nitrogen and oxygen atoms in total. The highest BCUT2D eigenvalue weighted by Gasteiger charge is 2.53. The maximum Gasteiger partial charge on any atom is 0.337 e. The van der Waals surface area contributed by atoms with Crippen molar-refractivity contribution in [2.24, 2.45) is 5.92 Å². The number of ether oxygens (including phenoxy) is 9. The molecular weight excluding hydrogens is 548 g/mol. The fraction of sp³-hybridized carbons (Fsp3) is 0.581. The van der Waals surface area contributed by atoms with Crippen LogP contribution in [-0.4, -0.2) is 101 Å². The third-order valence-electron chi connectivity index (χ3n) is 7.68. The van der Waals surface area contributed by atoms with Crippen molar-refractivity contribution in [2.75, 3.05) is 35.0 Å². The summed E-state index contributed by atoms with van der Waals surface area (Å²) in [6, 6.07) is 19.6. The first-order valence-corrected chi connectivity index (χ1v) is 14.0. The highest BCUT2D eigenvalue weighted by molar-refractivity contribution is 5.75. The molecule has 2 aromatic rings. The van der Waals surface area contributed by atoms with Crippen molar-refractivity contribution >= 4 is 5.97 Å². The normalized spacial score (nSPS) is 33.3. The van der Waals surface area contributed by atoms with Crippen molar-refractivity contribution in [2.45, 2.75) is 75.4 Å². The Bertz CT molecular complexity index is 1070. The lowest BCUT2D eigenvalue weighted by molar-refractivity contribution is -0.354. The molecule has 42 heavy (non-hydrogen) atoms. The number of carbonyl (C=O) groups is 1. The summed E-state index contributed by atoms with van der Waals surface area (Å²) >= 11 is 0. The van der Waals surface area contributed by atoms with E-state index >= 15 is 0 Å². The van der Waals surface area contributed by atoms with E-state index in [-0.39, 0.29) is 12.5 Å². The molecule has 0 spiro atoms. The van der Waals surface area contributed by atoms with E-state index in [1.165, 1.54) is 21.3 Å². The van der Waals surface area contributed by atoms with Gasteiger partial charge in [0.1, 0.15) is 30.5 Å². The molecule has 2 aliphatic rings. The van der Waals surface area contributed by atoms with Gasteiger partial charge in [-0.25, -0.2) is 4.79 Å². The Labute approximate surface area is 246 Å². The molecule has 2 fully saturated rings. The summed E-state index contributed by atoms with van der Waals surface area (Å²) in [5.74, 6) is -1.05. The van der Waals surface area contributed by atoms with Gasteiger partial charge in [-0.05, 0) is 11.1 Å². The molecule has 232 valence electrons. The number of methoxy groups -OCH3 is 4. The van der Waals surface area contributed by atoms with Crippen LogP contribution in [0, 0.1) is 5.92 Å². The Hall–Kier alpha value is -2.45. The zero-order valence-corrected chi connectivity index (χ0v) is 24.7. The van der Waals surface area contributed by atoms with E-state index in [4.69, 9.17) is 42.6 Å². The Morgan fingerprint density at radius 3 is 1.95 bits per heavy atom. The van der Waals surface area contributed by atoms with Crippen LogP contribution in [0.2, 0.25) is 0 Å². The third-order valence-corrected chi connectivity index (χ3v) is 7.68. The van der Waals surface area contributed by atoms with Crippen molar-refractivity contribution in [1.29, 1.82) is 0 Å². The predicted molar refractivity (Wildman–Crippen MR) is 149 cm³/mol. The number of rotatable bonds is 13. The summed E-state index contributed by atoms with van der Waals surface area (Å²) < 4.78 is 53.0. The minimum atomic E-state index is -1.35. The molecule has 0 saturated carbocycles. The number of esters is 1. The average molecular weight is 591 g/mol. The summed E-state index contributed by atoms with van der Waals surface area (Å²) in [4.78, 5) is 12.5. The van der Waals surface area contributed by atoms with Gasteiger partial charge in [-0.15, -0.1) is 0 Å². The SMILES string of the molecule is COC(=O)C1O[C@@H](O[C@H]2C(C)C(OCc3ccccc3)[C@@H](OC)O[C@@H]2COCc2ccccc2)C(OC)[C@H](OC)[C@H]1O. The van der Waals surface area contributed by atoms with Crippen molar-refractivity contribution in [3.63, 3.8) is 0 Å². The minimum absolute atomic E-state index is 0.177. The molecule has 0 amide bonds. The number of hydrogen-bond acceptors (Lipinski definition) is 11. The number of hydrogen-bond donors (Lipinski definition) is 1. The Morgan fingerprint density at radius 2 is 1.38 bits per heavy atom. The van der Waals surface area contributed by atoms with E-state index in [2.05, 4.69) is 0 Å². The van der Waals surface area contributed by atoms with Crippen LogP contribution in [0.5, 0.6) is 0 Å². The summed E-state index contributed by atoms with van der Waals surface area (Å²) in [5, 5.41) is 10.8. The van der Waals surface area contributed by atoms with Gasteiger partial charge in [0.25, 0.3) is 0 Å². The van der Waals surface area contributed by atoms with Gasteiger partial charge in [0.2, 0.25) is 0 Å². The highest BCUT2D eigenvalue weighted by Crippen LogP contribution is 2.35. The molecule has 2 saturated heterocycles. The van der Waals surface area contributed by atoms with Crippen molar-refractivity contribution < 1.29 is 52.5 Å². The fourth-order valence-corrected chi connectivity index (χ4v) is 5.42. The van der Waals surface area contributed by atoms with Crippen LogP contribution in [0.1, 0.15) is 18.1 Å². The molecule has 2 aromatic carbocycles. The summed E-state index contributed by atoms with van der Waals surface area (Å²) in [6.07, 6.45) is -8.06. The van der Waals surface area contributed by atoms with Crippen LogP contribution in [0.4, 0.5) is 0 Å². The predicted octanol–water partition coefficient (Wildman–Crippen LogP) is 2.47. The molecule has 0 aliphatic carbocycles. The Kier molecular flexibility index (Phi) is 12.3. The van der Waals surface area contributed by atoms with E-state index in [0.29, 0.717) is 13.2 Å². The first-order chi connectivity index (χ1) is 20.4.